The molecule has 19 heavy (non-hydrogen) atoms. The molecule has 0 saturated carbocycles. The molecular formula is C14H14N4O. The maximum atomic E-state index is 11.7. The summed E-state index contributed by atoms with van der Waals surface area (Å²) in [6.45, 7) is 1.80. The van der Waals surface area contributed by atoms with Crippen molar-refractivity contribution in [1.29, 1.82) is 0 Å². The van der Waals surface area contributed by atoms with Gasteiger partial charge in [0.1, 0.15) is 5.69 Å². The van der Waals surface area contributed by atoms with Gasteiger partial charge in [-0.25, -0.2) is 5.43 Å². The van der Waals surface area contributed by atoms with E-state index in [1.165, 1.54) is 0 Å². The summed E-state index contributed by atoms with van der Waals surface area (Å²) in [7, 11) is 0. The number of rotatable bonds is 3. The predicted molar refractivity (Wildman–Crippen MR) is 74.8 cm³/mol. The molecule has 1 aromatic carbocycles. The van der Waals surface area contributed by atoms with Crippen LogP contribution < -0.4 is 11.2 Å². The molecule has 2 rings (SSSR count). The number of anilines is 1. The first-order chi connectivity index (χ1) is 9.16. The number of nitrogens with zero attached hydrogens (tertiary/aromatic N) is 2. The molecule has 0 aliphatic heterocycles. The minimum atomic E-state index is -0.344. The summed E-state index contributed by atoms with van der Waals surface area (Å²) in [5, 5.41) is 4.03. The van der Waals surface area contributed by atoms with Crippen molar-refractivity contribution in [1.82, 2.24) is 10.4 Å². The van der Waals surface area contributed by atoms with Gasteiger partial charge in [0.2, 0.25) is 0 Å². The van der Waals surface area contributed by atoms with E-state index in [1.807, 2.05) is 12.1 Å². The summed E-state index contributed by atoms with van der Waals surface area (Å²) in [5.74, 6) is -0.344. The Kier molecular flexibility index (Phi) is 3.87. The fraction of sp³-hybridized carbons (Fsp3) is 0.0714. The van der Waals surface area contributed by atoms with Crippen LogP contribution in [0.1, 0.15) is 23.0 Å². The van der Waals surface area contributed by atoms with Gasteiger partial charge in [-0.15, -0.1) is 0 Å². The van der Waals surface area contributed by atoms with Crippen LogP contribution in [0.4, 0.5) is 5.69 Å². The number of pyridine rings is 1. The van der Waals surface area contributed by atoms with Crippen LogP contribution in [0.15, 0.2) is 53.8 Å². The maximum absolute atomic E-state index is 11.7. The van der Waals surface area contributed by atoms with E-state index in [2.05, 4.69) is 15.5 Å². The van der Waals surface area contributed by atoms with Gasteiger partial charge in [0.15, 0.2) is 0 Å². The first-order valence-corrected chi connectivity index (χ1v) is 5.78. The van der Waals surface area contributed by atoms with Crippen LogP contribution in [-0.2, 0) is 0 Å². The van der Waals surface area contributed by atoms with Gasteiger partial charge in [-0.05, 0) is 36.8 Å². The second-order valence-electron chi connectivity index (χ2n) is 3.98. The Morgan fingerprint density at radius 3 is 2.79 bits per heavy atom. The van der Waals surface area contributed by atoms with E-state index >= 15 is 0 Å². The van der Waals surface area contributed by atoms with Gasteiger partial charge in [-0.1, -0.05) is 18.2 Å². The molecule has 0 bridgehead atoms. The number of hydrogen-bond acceptors (Lipinski definition) is 4. The van der Waals surface area contributed by atoms with Crippen molar-refractivity contribution in [2.45, 2.75) is 6.92 Å². The van der Waals surface area contributed by atoms with Gasteiger partial charge in [-0.3, -0.25) is 9.78 Å². The number of hydrazone groups is 1. The number of hydrogen-bond donors (Lipinski definition) is 2. The van der Waals surface area contributed by atoms with Gasteiger partial charge in [0, 0.05) is 11.9 Å². The number of amides is 1. The van der Waals surface area contributed by atoms with Gasteiger partial charge in [-0.2, -0.15) is 5.10 Å². The lowest BCUT2D eigenvalue weighted by atomic mass is 10.1. The Balaban J connectivity index is 2.09. The third kappa shape index (κ3) is 3.38. The van der Waals surface area contributed by atoms with E-state index in [4.69, 9.17) is 5.73 Å². The van der Waals surface area contributed by atoms with Crippen molar-refractivity contribution in [3.63, 3.8) is 0 Å². The first-order valence-electron chi connectivity index (χ1n) is 5.78. The molecule has 0 aliphatic carbocycles. The minimum absolute atomic E-state index is 0.326. The molecule has 1 aromatic heterocycles. The Bertz CT molecular complexity index is 608. The fourth-order valence-corrected chi connectivity index (χ4v) is 1.52. The van der Waals surface area contributed by atoms with Crippen molar-refractivity contribution >= 4 is 17.3 Å². The molecule has 96 valence electrons. The summed E-state index contributed by atoms with van der Waals surface area (Å²) in [6.07, 6.45) is 1.56. The quantitative estimate of drug-likeness (QED) is 0.498. The molecule has 0 saturated heterocycles. The molecule has 1 amide bonds. The van der Waals surface area contributed by atoms with Gasteiger partial charge >= 0.3 is 0 Å². The highest BCUT2D eigenvalue weighted by atomic mass is 16.2. The van der Waals surface area contributed by atoms with Crippen LogP contribution in [0, 0.1) is 0 Å². The molecule has 0 radical (unpaired) electrons. The largest absolute Gasteiger partial charge is 0.399 e. The topological polar surface area (TPSA) is 80.4 Å². The lowest BCUT2D eigenvalue weighted by Gasteiger charge is -2.03. The number of carbonyl (C=O) groups excluding carboxylic acids is 1. The Morgan fingerprint density at radius 2 is 2.11 bits per heavy atom. The fourth-order valence-electron chi connectivity index (χ4n) is 1.52. The molecule has 5 nitrogen and oxygen atoms in total. The molecule has 0 spiro atoms. The summed E-state index contributed by atoms with van der Waals surface area (Å²) in [5.41, 5.74) is 10.7. The third-order valence-electron chi connectivity index (χ3n) is 2.53. The van der Waals surface area contributed by atoms with Crippen molar-refractivity contribution in [2.24, 2.45) is 5.10 Å². The van der Waals surface area contributed by atoms with Gasteiger partial charge < -0.3 is 5.73 Å². The third-order valence-corrected chi connectivity index (χ3v) is 2.53. The highest BCUT2D eigenvalue weighted by molar-refractivity contribution is 6.00. The average Bonchev–Trinajstić information content (AvgIpc) is 2.45. The number of nitrogens with two attached hydrogens (primary N) is 1. The van der Waals surface area contributed by atoms with Crippen LogP contribution in [-0.4, -0.2) is 16.6 Å². The number of aromatic nitrogens is 1. The number of nitrogens with one attached hydrogen (secondary N) is 1. The first kappa shape index (κ1) is 12.8. The zero-order valence-corrected chi connectivity index (χ0v) is 10.5. The van der Waals surface area contributed by atoms with Crippen LogP contribution in [0.3, 0.4) is 0 Å². The average molecular weight is 254 g/mol. The molecule has 0 atom stereocenters. The number of benzene rings is 1. The summed E-state index contributed by atoms with van der Waals surface area (Å²) >= 11 is 0. The van der Waals surface area contributed by atoms with E-state index < -0.39 is 0 Å². The molecule has 1 heterocycles. The van der Waals surface area contributed by atoms with Crippen LogP contribution in [0.5, 0.6) is 0 Å². The van der Waals surface area contributed by atoms with E-state index in [9.17, 15) is 4.79 Å². The minimum Gasteiger partial charge on any atom is -0.399 e. The van der Waals surface area contributed by atoms with E-state index in [0.29, 0.717) is 17.1 Å². The number of carbonyl (C=O) groups is 1. The zero-order chi connectivity index (χ0) is 13.7. The molecule has 0 unspecified atom stereocenters. The lowest BCUT2D eigenvalue weighted by molar-refractivity contribution is 0.0950. The van der Waals surface area contributed by atoms with E-state index in [1.54, 1.807) is 43.5 Å². The number of nitrogen functional groups attached to an aromatic ring is 1. The smallest absolute Gasteiger partial charge is 0.289 e. The van der Waals surface area contributed by atoms with Crippen molar-refractivity contribution < 1.29 is 4.79 Å². The molecule has 0 aliphatic rings. The normalized spacial score (nSPS) is 11.1. The maximum Gasteiger partial charge on any atom is 0.289 e. The van der Waals surface area contributed by atoms with E-state index in [-0.39, 0.29) is 5.91 Å². The summed E-state index contributed by atoms with van der Waals surface area (Å²) in [4.78, 5) is 15.7. The summed E-state index contributed by atoms with van der Waals surface area (Å²) in [6, 6.07) is 12.4. The Labute approximate surface area is 111 Å². The Hall–Kier alpha value is -2.69. The zero-order valence-electron chi connectivity index (χ0n) is 10.5. The highest BCUT2D eigenvalue weighted by Gasteiger charge is 2.05. The van der Waals surface area contributed by atoms with Crippen LogP contribution in [0.25, 0.3) is 0 Å². The van der Waals surface area contributed by atoms with Gasteiger partial charge in [0.05, 0.1) is 5.71 Å². The van der Waals surface area contributed by atoms with Crippen molar-refractivity contribution in [3.05, 3.63) is 59.9 Å². The second-order valence-corrected chi connectivity index (χ2v) is 3.98. The SMILES string of the molecule is C/C(=N\NC(=O)c1ccccn1)c1cccc(N)c1. The van der Waals surface area contributed by atoms with Crippen molar-refractivity contribution in [3.8, 4) is 0 Å². The molecule has 2 aromatic rings. The lowest BCUT2D eigenvalue weighted by Crippen LogP contribution is -2.20. The molecule has 0 fully saturated rings. The van der Waals surface area contributed by atoms with Crippen molar-refractivity contribution in [2.75, 3.05) is 5.73 Å². The predicted octanol–water partition coefficient (Wildman–Crippen LogP) is 1.82. The van der Waals surface area contributed by atoms with Gasteiger partial charge in [0.25, 0.3) is 5.91 Å². The highest BCUT2D eigenvalue weighted by Crippen LogP contribution is 2.07. The molecule has 3 N–H and O–H groups in total. The monoisotopic (exact) mass is 254 g/mol. The Morgan fingerprint density at radius 1 is 1.26 bits per heavy atom. The standard InChI is InChI=1S/C14H14N4O/c1-10(11-5-4-6-12(15)9-11)17-18-14(19)13-7-2-3-8-16-13/h2-9H,15H2,1H3,(H,18,19)/b17-10+. The summed E-state index contributed by atoms with van der Waals surface area (Å²) < 4.78 is 0. The van der Waals surface area contributed by atoms with Crippen LogP contribution in [0.2, 0.25) is 0 Å². The molecule has 5 heteroatoms. The van der Waals surface area contributed by atoms with Crippen LogP contribution >= 0.6 is 0 Å². The second kappa shape index (κ2) is 5.77. The molecular weight excluding hydrogens is 240 g/mol. The van der Waals surface area contributed by atoms with E-state index in [0.717, 1.165) is 5.56 Å².